The van der Waals surface area contributed by atoms with Gasteiger partial charge in [-0.25, -0.2) is 0 Å². The highest BCUT2D eigenvalue weighted by atomic mass is 32.2. The fraction of sp³-hybridized carbons (Fsp3) is 0.250. The van der Waals surface area contributed by atoms with Gasteiger partial charge in [0.15, 0.2) is 0 Å². The van der Waals surface area contributed by atoms with Crippen molar-refractivity contribution in [1.82, 2.24) is 0 Å². The fourth-order valence-corrected chi connectivity index (χ4v) is 1.07. The van der Waals surface area contributed by atoms with Crippen LogP contribution in [0.1, 0.15) is 6.92 Å². The molecule has 0 radical (unpaired) electrons. The summed E-state index contributed by atoms with van der Waals surface area (Å²) in [5, 5.41) is 5.35. The normalized spacial score (nSPS) is 9.64. The Labute approximate surface area is 70.9 Å². The largest absolute Gasteiger partial charge is 0.494 e. The van der Waals surface area contributed by atoms with Gasteiger partial charge in [-0.1, -0.05) is 0 Å². The van der Waals surface area contributed by atoms with Crippen LogP contribution < -0.4 is 9.88 Å². The second-order valence-corrected chi connectivity index (χ2v) is 2.73. The second kappa shape index (κ2) is 4.26. The summed E-state index contributed by atoms with van der Waals surface area (Å²) in [5.41, 5.74) is 0. The molecule has 0 fully saturated rings. The zero-order valence-electron chi connectivity index (χ0n) is 6.41. The molecule has 60 valence electrons. The van der Waals surface area contributed by atoms with E-state index in [1.165, 1.54) is 11.9 Å². The highest BCUT2D eigenvalue weighted by Crippen LogP contribution is 2.16. The molecule has 0 aromatic heterocycles. The Hall–Kier alpha value is -0.670. The van der Waals surface area contributed by atoms with Gasteiger partial charge in [0.2, 0.25) is 0 Å². The lowest BCUT2D eigenvalue weighted by Gasteiger charge is -2.02. The molecule has 0 saturated heterocycles. The minimum absolute atomic E-state index is 0.703. The number of ether oxygens (including phenoxy) is 1. The lowest BCUT2D eigenvalue weighted by Crippen LogP contribution is -1.90. The Balaban J connectivity index is 2.66. The van der Waals surface area contributed by atoms with Gasteiger partial charge >= 0.3 is 0 Å². The van der Waals surface area contributed by atoms with Crippen molar-refractivity contribution in [1.29, 1.82) is 0 Å². The lowest BCUT2D eigenvalue weighted by atomic mass is 10.3. The fourth-order valence-electron chi connectivity index (χ4n) is 0.781. The number of hydrogen-bond acceptors (Lipinski definition) is 3. The molecule has 0 aliphatic rings. The van der Waals surface area contributed by atoms with Crippen molar-refractivity contribution < 1.29 is 4.74 Å². The first-order valence-corrected chi connectivity index (χ1v) is 4.34. The maximum Gasteiger partial charge on any atom is 0.119 e. The highest BCUT2D eigenvalue weighted by molar-refractivity contribution is 7.97. The molecule has 3 heteroatoms. The van der Waals surface area contributed by atoms with E-state index in [-0.39, 0.29) is 0 Å². The smallest absolute Gasteiger partial charge is 0.119 e. The van der Waals surface area contributed by atoms with Crippen LogP contribution in [0.2, 0.25) is 0 Å². The molecule has 11 heavy (non-hydrogen) atoms. The Morgan fingerprint density at radius 2 is 2.00 bits per heavy atom. The molecule has 0 bridgehead atoms. The van der Waals surface area contributed by atoms with Gasteiger partial charge in [0, 0.05) is 4.90 Å². The molecule has 2 nitrogen and oxygen atoms in total. The van der Waals surface area contributed by atoms with Gasteiger partial charge in [0.25, 0.3) is 0 Å². The summed E-state index contributed by atoms with van der Waals surface area (Å²) in [6, 6.07) is 7.71. The van der Waals surface area contributed by atoms with Crippen molar-refractivity contribution in [2.45, 2.75) is 11.8 Å². The van der Waals surface area contributed by atoms with Crippen LogP contribution in [0, 0.1) is 0 Å². The van der Waals surface area contributed by atoms with Crippen molar-refractivity contribution in [3.63, 3.8) is 0 Å². The summed E-state index contributed by atoms with van der Waals surface area (Å²) in [4.78, 5) is 1.05. The molecule has 0 amide bonds. The molecule has 0 saturated carbocycles. The van der Waals surface area contributed by atoms with Crippen LogP contribution in [0.25, 0.3) is 0 Å². The molecule has 0 spiro atoms. The zero-order chi connectivity index (χ0) is 8.10. The predicted molar refractivity (Wildman–Crippen MR) is 47.7 cm³/mol. The first-order chi connectivity index (χ1) is 5.36. The average Bonchev–Trinajstić information content (AvgIpc) is 2.07. The highest BCUT2D eigenvalue weighted by Gasteiger charge is 1.91. The molecule has 2 N–H and O–H groups in total. The van der Waals surface area contributed by atoms with Crippen molar-refractivity contribution >= 4 is 11.9 Å². The summed E-state index contributed by atoms with van der Waals surface area (Å²) in [7, 11) is 0. The van der Waals surface area contributed by atoms with E-state index in [9.17, 15) is 0 Å². The quantitative estimate of drug-likeness (QED) is 0.703. The molecule has 1 rings (SSSR count). The third-order valence-corrected chi connectivity index (χ3v) is 1.82. The molecule has 0 unspecified atom stereocenters. The van der Waals surface area contributed by atoms with E-state index in [1.807, 2.05) is 31.2 Å². The topological polar surface area (TPSA) is 35.2 Å². The van der Waals surface area contributed by atoms with Gasteiger partial charge in [0.1, 0.15) is 5.75 Å². The van der Waals surface area contributed by atoms with Crippen molar-refractivity contribution in [2.24, 2.45) is 5.14 Å². The molecule has 1 aromatic carbocycles. The monoisotopic (exact) mass is 169 g/mol. The van der Waals surface area contributed by atoms with E-state index in [0.717, 1.165) is 10.6 Å². The summed E-state index contributed by atoms with van der Waals surface area (Å²) < 4.78 is 5.26. The van der Waals surface area contributed by atoms with Crippen molar-refractivity contribution in [3.05, 3.63) is 24.3 Å². The predicted octanol–water partition coefficient (Wildman–Crippen LogP) is 2.05. The number of hydrogen-bond donors (Lipinski definition) is 1. The van der Waals surface area contributed by atoms with Crippen LogP contribution in [0.4, 0.5) is 0 Å². The molecular formula is C8H11NOS. The zero-order valence-corrected chi connectivity index (χ0v) is 7.23. The van der Waals surface area contributed by atoms with Crippen LogP contribution in [0.5, 0.6) is 5.75 Å². The van der Waals surface area contributed by atoms with Gasteiger partial charge in [0.05, 0.1) is 6.61 Å². The summed E-state index contributed by atoms with van der Waals surface area (Å²) in [5.74, 6) is 0.894. The first-order valence-electron chi connectivity index (χ1n) is 3.46. The van der Waals surface area contributed by atoms with E-state index in [2.05, 4.69) is 0 Å². The number of nitrogens with two attached hydrogens (primary N) is 1. The van der Waals surface area contributed by atoms with Gasteiger partial charge < -0.3 is 4.74 Å². The maximum absolute atomic E-state index is 5.35. The minimum Gasteiger partial charge on any atom is -0.494 e. The van der Waals surface area contributed by atoms with E-state index in [0.29, 0.717) is 6.61 Å². The maximum atomic E-state index is 5.35. The van der Waals surface area contributed by atoms with Gasteiger partial charge in [-0.2, -0.15) is 0 Å². The van der Waals surface area contributed by atoms with Crippen molar-refractivity contribution in [3.8, 4) is 5.75 Å². The summed E-state index contributed by atoms with van der Waals surface area (Å²) in [6.45, 7) is 2.67. The lowest BCUT2D eigenvalue weighted by molar-refractivity contribution is 0.340. The minimum atomic E-state index is 0.703. The molecule has 0 atom stereocenters. The molecule has 1 aromatic rings. The number of benzene rings is 1. The van der Waals surface area contributed by atoms with Gasteiger partial charge in [-0.15, -0.1) is 0 Å². The standard InChI is InChI=1S/C8H11NOS/c1-2-10-7-3-5-8(11-9)6-4-7/h3-6H,2,9H2,1H3. The third kappa shape index (κ3) is 2.44. The number of rotatable bonds is 3. The van der Waals surface area contributed by atoms with Crippen LogP contribution in [-0.2, 0) is 0 Å². The SMILES string of the molecule is CCOc1ccc(SN)cc1. The van der Waals surface area contributed by atoms with Crippen LogP contribution in [0.15, 0.2) is 29.2 Å². The van der Waals surface area contributed by atoms with Crippen LogP contribution >= 0.6 is 11.9 Å². The van der Waals surface area contributed by atoms with E-state index < -0.39 is 0 Å². The molecule has 0 aliphatic carbocycles. The van der Waals surface area contributed by atoms with E-state index in [1.54, 1.807) is 0 Å². The average molecular weight is 169 g/mol. The van der Waals surface area contributed by atoms with Crippen molar-refractivity contribution in [2.75, 3.05) is 6.61 Å². The second-order valence-electron chi connectivity index (χ2n) is 2.02. The van der Waals surface area contributed by atoms with Crippen LogP contribution in [-0.4, -0.2) is 6.61 Å². The van der Waals surface area contributed by atoms with Gasteiger partial charge in [-0.05, 0) is 43.1 Å². The molecular weight excluding hydrogens is 158 g/mol. The Bertz CT molecular complexity index is 210. The molecule has 0 aliphatic heterocycles. The molecule has 0 heterocycles. The van der Waals surface area contributed by atoms with Gasteiger partial charge in [-0.3, -0.25) is 5.14 Å². The Morgan fingerprint density at radius 1 is 1.36 bits per heavy atom. The first kappa shape index (κ1) is 8.43. The van der Waals surface area contributed by atoms with E-state index >= 15 is 0 Å². The third-order valence-electron chi connectivity index (χ3n) is 1.27. The van der Waals surface area contributed by atoms with Crippen LogP contribution in [0.3, 0.4) is 0 Å². The van der Waals surface area contributed by atoms with E-state index in [4.69, 9.17) is 9.88 Å². The Kier molecular flexibility index (Phi) is 3.26. The summed E-state index contributed by atoms with van der Waals surface area (Å²) >= 11 is 1.24. The summed E-state index contributed by atoms with van der Waals surface area (Å²) in [6.07, 6.45) is 0. The Morgan fingerprint density at radius 3 is 2.45 bits per heavy atom.